The van der Waals surface area contributed by atoms with E-state index in [1.165, 1.54) is 6.42 Å². The van der Waals surface area contributed by atoms with E-state index in [-0.39, 0.29) is 24.5 Å². The Morgan fingerprint density at radius 1 is 1.09 bits per heavy atom. The van der Waals surface area contributed by atoms with Crippen molar-refractivity contribution in [3.8, 4) is 5.75 Å². The lowest BCUT2D eigenvalue weighted by molar-refractivity contribution is -0.142. The lowest BCUT2D eigenvalue weighted by Gasteiger charge is -2.31. The molecule has 1 fully saturated rings. The van der Waals surface area contributed by atoms with Crippen molar-refractivity contribution in [2.24, 2.45) is 0 Å². The van der Waals surface area contributed by atoms with Crippen LogP contribution in [0.3, 0.4) is 0 Å². The summed E-state index contributed by atoms with van der Waals surface area (Å²) in [5, 5.41) is 3.78. The van der Waals surface area contributed by atoms with Crippen LogP contribution in [0.4, 0.5) is 0 Å². The van der Waals surface area contributed by atoms with Gasteiger partial charge in [-0.3, -0.25) is 9.59 Å². The van der Waals surface area contributed by atoms with Crippen molar-refractivity contribution >= 4 is 23.4 Å². The van der Waals surface area contributed by atoms with Crippen molar-refractivity contribution in [2.45, 2.75) is 71.5 Å². The number of nitrogens with one attached hydrogen (secondary N) is 1. The molecule has 1 atom stereocenters. The molecule has 0 heterocycles. The maximum atomic E-state index is 13.2. The molecule has 2 aromatic carbocycles. The Morgan fingerprint density at radius 2 is 1.78 bits per heavy atom. The summed E-state index contributed by atoms with van der Waals surface area (Å²) in [6.07, 6.45) is 5.49. The summed E-state index contributed by atoms with van der Waals surface area (Å²) < 4.78 is 5.85. The second-order valence-electron chi connectivity index (χ2n) is 8.73. The minimum Gasteiger partial charge on any atom is -0.483 e. The van der Waals surface area contributed by atoms with E-state index in [2.05, 4.69) is 5.32 Å². The van der Waals surface area contributed by atoms with Crippen molar-refractivity contribution in [1.82, 2.24) is 10.2 Å². The highest BCUT2D eigenvalue weighted by Crippen LogP contribution is 2.21. The van der Waals surface area contributed by atoms with E-state index in [1.807, 2.05) is 44.2 Å². The number of benzene rings is 2. The van der Waals surface area contributed by atoms with E-state index in [1.54, 1.807) is 24.0 Å². The zero-order chi connectivity index (χ0) is 23.1. The number of ether oxygens (including phenoxy) is 1. The average Bonchev–Trinajstić information content (AvgIpc) is 2.79. The Bertz CT molecular complexity index is 923. The van der Waals surface area contributed by atoms with Crippen LogP contribution in [0.15, 0.2) is 42.5 Å². The van der Waals surface area contributed by atoms with Crippen LogP contribution in [-0.4, -0.2) is 35.4 Å². The number of nitrogens with zero attached hydrogens (tertiary/aromatic N) is 1. The summed E-state index contributed by atoms with van der Waals surface area (Å²) in [5.41, 5.74) is 2.94. The molecule has 172 valence electrons. The van der Waals surface area contributed by atoms with Crippen LogP contribution >= 0.6 is 11.6 Å². The van der Waals surface area contributed by atoms with Crippen LogP contribution in [0.2, 0.25) is 5.02 Å². The normalized spacial score (nSPS) is 15.1. The number of hydrogen-bond acceptors (Lipinski definition) is 3. The van der Waals surface area contributed by atoms with Crippen LogP contribution in [0.1, 0.15) is 55.7 Å². The van der Waals surface area contributed by atoms with Crippen LogP contribution in [0.25, 0.3) is 0 Å². The van der Waals surface area contributed by atoms with Crippen LogP contribution in [0, 0.1) is 13.8 Å². The number of hydrogen-bond donors (Lipinski definition) is 1. The number of halogens is 1. The van der Waals surface area contributed by atoms with Gasteiger partial charge < -0.3 is 15.0 Å². The van der Waals surface area contributed by atoms with E-state index in [9.17, 15) is 9.59 Å². The van der Waals surface area contributed by atoms with Crippen LogP contribution in [0.5, 0.6) is 5.75 Å². The molecule has 1 aliphatic rings. The molecule has 3 rings (SSSR count). The SMILES string of the molecule is Cc1ccc(C)c(OCC(=O)N(Cc2ccc(Cl)cc2)[C@H](C)C(=O)NC2CCCCC2)c1. The monoisotopic (exact) mass is 456 g/mol. The Hall–Kier alpha value is -2.53. The van der Waals surface area contributed by atoms with Gasteiger partial charge in [-0.15, -0.1) is 0 Å². The van der Waals surface area contributed by atoms with E-state index in [0.717, 1.165) is 42.4 Å². The van der Waals surface area contributed by atoms with E-state index in [4.69, 9.17) is 16.3 Å². The molecule has 1 N–H and O–H groups in total. The van der Waals surface area contributed by atoms with E-state index in [0.29, 0.717) is 17.3 Å². The smallest absolute Gasteiger partial charge is 0.261 e. The van der Waals surface area contributed by atoms with Crippen molar-refractivity contribution in [1.29, 1.82) is 0 Å². The zero-order valence-corrected chi connectivity index (χ0v) is 20.0. The summed E-state index contributed by atoms with van der Waals surface area (Å²) in [6.45, 7) is 5.90. The molecule has 2 aromatic rings. The van der Waals surface area contributed by atoms with Gasteiger partial charge in [-0.25, -0.2) is 0 Å². The first-order chi connectivity index (χ1) is 15.3. The Morgan fingerprint density at radius 3 is 2.47 bits per heavy atom. The molecule has 2 amide bonds. The number of carbonyl (C=O) groups excluding carboxylic acids is 2. The largest absolute Gasteiger partial charge is 0.483 e. The summed E-state index contributed by atoms with van der Waals surface area (Å²) in [5.74, 6) is 0.335. The van der Waals surface area contributed by atoms with Gasteiger partial charge in [0.05, 0.1) is 0 Å². The molecule has 1 aliphatic carbocycles. The first-order valence-corrected chi connectivity index (χ1v) is 11.8. The van der Waals surface area contributed by atoms with Crippen molar-refractivity contribution < 1.29 is 14.3 Å². The summed E-state index contributed by atoms with van der Waals surface area (Å²) >= 11 is 6.01. The lowest BCUT2D eigenvalue weighted by atomic mass is 9.95. The molecule has 0 aromatic heterocycles. The molecule has 6 heteroatoms. The highest BCUT2D eigenvalue weighted by molar-refractivity contribution is 6.30. The fourth-order valence-corrected chi connectivity index (χ4v) is 4.15. The first-order valence-electron chi connectivity index (χ1n) is 11.4. The van der Waals surface area contributed by atoms with Crippen LogP contribution < -0.4 is 10.1 Å². The summed E-state index contributed by atoms with van der Waals surface area (Å²) in [7, 11) is 0. The molecule has 0 unspecified atom stereocenters. The van der Waals surface area contributed by atoms with E-state index >= 15 is 0 Å². The first kappa shape index (κ1) is 24.1. The van der Waals surface area contributed by atoms with Gasteiger partial charge >= 0.3 is 0 Å². The minimum atomic E-state index is -0.609. The topological polar surface area (TPSA) is 58.6 Å². The summed E-state index contributed by atoms with van der Waals surface area (Å²) in [4.78, 5) is 27.8. The fourth-order valence-electron chi connectivity index (χ4n) is 4.02. The van der Waals surface area contributed by atoms with Gasteiger partial charge in [0.1, 0.15) is 11.8 Å². The van der Waals surface area contributed by atoms with Gasteiger partial charge in [0.15, 0.2) is 6.61 Å². The second kappa shape index (κ2) is 11.4. The molecule has 0 bridgehead atoms. The zero-order valence-electron chi connectivity index (χ0n) is 19.2. The van der Waals surface area contributed by atoms with E-state index < -0.39 is 6.04 Å². The molecule has 0 spiro atoms. The Labute approximate surface area is 196 Å². The minimum absolute atomic E-state index is 0.119. The van der Waals surface area contributed by atoms with Gasteiger partial charge in [0, 0.05) is 17.6 Å². The summed E-state index contributed by atoms with van der Waals surface area (Å²) in [6, 6.07) is 12.8. The quantitative estimate of drug-likeness (QED) is 0.593. The molecule has 0 radical (unpaired) electrons. The van der Waals surface area contributed by atoms with Gasteiger partial charge in [-0.05, 0) is 68.5 Å². The third kappa shape index (κ3) is 6.73. The molecule has 5 nitrogen and oxygen atoms in total. The predicted octanol–water partition coefficient (Wildman–Crippen LogP) is 5.20. The fraction of sp³-hybridized carbons (Fsp3) is 0.462. The molecule has 0 saturated heterocycles. The lowest BCUT2D eigenvalue weighted by Crippen LogP contribution is -2.51. The molecule has 1 saturated carbocycles. The van der Waals surface area contributed by atoms with Gasteiger partial charge in [0.25, 0.3) is 5.91 Å². The Kier molecular flexibility index (Phi) is 8.57. The van der Waals surface area contributed by atoms with Crippen molar-refractivity contribution in [2.75, 3.05) is 6.61 Å². The number of rotatable bonds is 8. The molecule has 0 aliphatic heterocycles. The number of carbonyl (C=O) groups is 2. The average molecular weight is 457 g/mol. The Balaban J connectivity index is 1.72. The third-order valence-electron chi connectivity index (χ3n) is 6.08. The molecular formula is C26H33ClN2O3. The molecule has 32 heavy (non-hydrogen) atoms. The highest BCUT2D eigenvalue weighted by atomic mass is 35.5. The van der Waals surface area contributed by atoms with Crippen molar-refractivity contribution in [3.63, 3.8) is 0 Å². The number of aryl methyl sites for hydroxylation is 2. The van der Waals surface area contributed by atoms with Crippen LogP contribution in [-0.2, 0) is 16.1 Å². The third-order valence-corrected chi connectivity index (χ3v) is 6.33. The highest BCUT2D eigenvalue weighted by Gasteiger charge is 2.28. The number of amides is 2. The van der Waals surface area contributed by atoms with Gasteiger partial charge in [0.2, 0.25) is 5.91 Å². The maximum Gasteiger partial charge on any atom is 0.261 e. The van der Waals surface area contributed by atoms with Gasteiger partial charge in [-0.2, -0.15) is 0 Å². The standard InChI is InChI=1S/C26H33ClN2O3/c1-18-9-10-19(2)24(15-18)32-17-25(30)29(16-21-11-13-22(27)14-12-21)20(3)26(31)28-23-7-5-4-6-8-23/h9-15,20,23H,4-8,16-17H2,1-3H3,(H,28,31)/t20-/m1/s1. The maximum absolute atomic E-state index is 13.2. The molecular weight excluding hydrogens is 424 g/mol. The van der Waals surface area contributed by atoms with Crippen molar-refractivity contribution in [3.05, 3.63) is 64.2 Å². The second-order valence-corrected chi connectivity index (χ2v) is 9.16. The van der Waals surface area contributed by atoms with Gasteiger partial charge in [-0.1, -0.05) is 55.1 Å². The predicted molar refractivity (Wildman–Crippen MR) is 128 cm³/mol.